The molecule has 0 fully saturated rings. The topological polar surface area (TPSA) is 12.0 Å². The lowest BCUT2D eigenvalue weighted by molar-refractivity contribution is 0.422. The Balaban J connectivity index is 1.95. The van der Waals surface area contributed by atoms with Crippen molar-refractivity contribution in [3.05, 3.63) is 29.3 Å². The van der Waals surface area contributed by atoms with Gasteiger partial charge in [0.2, 0.25) is 0 Å². The molecule has 0 radical (unpaired) electrons. The number of anilines is 1. The third-order valence-corrected chi connectivity index (χ3v) is 4.53. The van der Waals surface area contributed by atoms with Crippen molar-refractivity contribution in [2.45, 2.75) is 65.2 Å². The van der Waals surface area contributed by atoms with Crippen LogP contribution in [0.4, 0.5) is 5.69 Å². The smallest absolute Gasteiger partial charge is 0.0405 e. The molecule has 0 spiro atoms. The minimum absolute atomic E-state index is 0.916. The van der Waals surface area contributed by atoms with Gasteiger partial charge in [0.1, 0.15) is 0 Å². The Morgan fingerprint density at radius 1 is 1.21 bits per heavy atom. The molecule has 0 aromatic heterocycles. The highest BCUT2D eigenvalue weighted by Gasteiger charge is 2.13. The summed E-state index contributed by atoms with van der Waals surface area (Å²) >= 11 is 0. The van der Waals surface area contributed by atoms with Crippen molar-refractivity contribution in [2.24, 2.45) is 5.92 Å². The predicted molar refractivity (Wildman–Crippen MR) is 84.9 cm³/mol. The first kappa shape index (κ1) is 14.4. The molecule has 19 heavy (non-hydrogen) atoms. The number of hydrogen-bond donors (Lipinski definition) is 1. The highest BCUT2D eigenvalue weighted by molar-refractivity contribution is 5.59. The third-order valence-electron chi connectivity index (χ3n) is 4.53. The second-order valence-electron chi connectivity index (χ2n) is 5.94. The van der Waals surface area contributed by atoms with E-state index in [1.165, 1.54) is 62.6 Å². The largest absolute Gasteiger partial charge is 0.385 e. The monoisotopic (exact) mass is 259 g/mol. The van der Waals surface area contributed by atoms with Gasteiger partial charge in [0.25, 0.3) is 0 Å². The summed E-state index contributed by atoms with van der Waals surface area (Å²) < 4.78 is 0. The average molecular weight is 259 g/mol. The van der Waals surface area contributed by atoms with Gasteiger partial charge in [-0.1, -0.05) is 57.7 Å². The van der Waals surface area contributed by atoms with Gasteiger partial charge in [-0.15, -0.1) is 0 Å². The van der Waals surface area contributed by atoms with Crippen LogP contribution in [-0.2, 0) is 12.8 Å². The molecule has 0 bridgehead atoms. The maximum atomic E-state index is 3.62. The van der Waals surface area contributed by atoms with Crippen molar-refractivity contribution in [2.75, 3.05) is 11.9 Å². The van der Waals surface area contributed by atoms with Crippen LogP contribution in [0, 0.1) is 5.92 Å². The third kappa shape index (κ3) is 3.99. The van der Waals surface area contributed by atoms with Crippen molar-refractivity contribution < 1.29 is 0 Å². The molecule has 1 aromatic carbocycles. The van der Waals surface area contributed by atoms with Gasteiger partial charge in [0.15, 0.2) is 0 Å². The van der Waals surface area contributed by atoms with Gasteiger partial charge in [0, 0.05) is 12.2 Å². The van der Waals surface area contributed by atoms with Crippen molar-refractivity contribution in [3.63, 3.8) is 0 Å². The second kappa shape index (κ2) is 7.57. The highest BCUT2D eigenvalue weighted by Crippen LogP contribution is 2.28. The van der Waals surface area contributed by atoms with Crippen molar-refractivity contribution in [1.82, 2.24) is 0 Å². The molecule has 0 aliphatic carbocycles. The fourth-order valence-electron chi connectivity index (χ4n) is 3.19. The zero-order valence-corrected chi connectivity index (χ0v) is 12.7. The Morgan fingerprint density at radius 2 is 2.11 bits per heavy atom. The Hall–Kier alpha value is -0.980. The number of benzene rings is 1. The van der Waals surface area contributed by atoms with E-state index in [-0.39, 0.29) is 0 Å². The summed E-state index contributed by atoms with van der Waals surface area (Å²) in [5.41, 5.74) is 4.54. The molecule has 0 saturated heterocycles. The van der Waals surface area contributed by atoms with Crippen LogP contribution in [0.15, 0.2) is 18.2 Å². The number of hydrogen-bond acceptors (Lipinski definition) is 1. The highest BCUT2D eigenvalue weighted by atomic mass is 14.9. The van der Waals surface area contributed by atoms with Crippen LogP contribution in [0.2, 0.25) is 0 Å². The molecule has 1 aliphatic rings. The van der Waals surface area contributed by atoms with Crippen LogP contribution >= 0.6 is 0 Å². The van der Waals surface area contributed by atoms with E-state index in [1.54, 1.807) is 5.56 Å². The van der Waals surface area contributed by atoms with E-state index in [1.807, 2.05) is 0 Å². The molecule has 1 nitrogen and oxygen atoms in total. The lowest BCUT2D eigenvalue weighted by Crippen LogP contribution is -2.14. The van der Waals surface area contributed by atoms with Gasteiger partial charge in [0.05, 0.1) is 0 Å². The second-order valence-corrected chi connectivity index (χ2v) is 5.94. The Bertz CT molecular complexity index is 383. The quantitative estimate of drug-likeness (QED) is 0.710. The Kier molecular flexibility index (Phi) is 5.75. The minimum atomic E-state index is 0.916. The number of fused-ring (bicyclic) bond motifs is 1. The molecule has 1 N–H and O–H groups in total. The molecule has 1 aromatic rings. The summed E-state index contributed by atoms with van der Waals surface area (Å²) in [5.74, 6) is 0.916. The predicted octanol–water partition coefficient (Wildman–Crippen LogP) is 5.19. The van der Waals surface area contributed by atoms with Crippen LogP contribution in [0.3, 0.4) is 0 Å². The summed E-state index contributed by atoms with van der Waals surface area (Å²) in [6.45, 7) is 5.79. The van der Waals surface area contributed by atoms with Gasteiger partial charge in [-0.05, 0) is 42.7 Å². The SMILES string of the molecule is CCCCC(CC)CCc1cccc2c1NCCC2. The van der Waals surface area contributed by atoms with E-state index in [9.17, 15) is 0 Å². The standard InChI is InChI=1S/C18H29N/c1-3-5-8-15(4-2)12-13-17-10-6-9-16-11-7-14-19-18(16)17/h6,9-10,15,19H,3-5,7-8,11-14H2,1-2H3. The molecular formula is C18H29N. The Labute approximate surface area is 118 Å². The molecule has 1 heteroatoms. The van der Waals surface area contributed by atoms with E-state index in [0.29, 0.717) is 0 Å². The maximum absolute atomic E-state index is 3.62. The van der Waals surface area contributed by atoms with Gasteiger partial charge >= 0.3 is 0 Å². The summed E-state index contributed by atoms with van der Waals surface area (Å²) in [7, 11) is 0. The molecule has 1 heterocycles. The van der Waals surface area contributed by atoms with Gasteiger partial charge in [-0.2, -0.15) is 0 Å². The number of nitrogens with one attached hydrogen (secondary N) is 1. The van der Waals surface area contributed by atoms with Gasteiger partial charge in [-0.25, -0.2) is 0 Å². The van der Waals surface area contributed by atoms with E-state index in [4.69, 9.17) is 0 Å². The molecule has 1 aliphatic heterocycles. The van der Waals surface area contributed by atoms with Crippen molar-refractivity contribution in [3.8, 4) is 0 Å². The normalized spacial score (nSPS) is 15.7. The first-order valence-corrected chi connectivity index (χ1v) is 8.19. The lowest BCUT2D eigenvalue weighted by atomic mass is 9.90. The number of aryl methyl sites for hydroxylation is 2. The summed E-state index contributed by atoms with van der Waals surface area (Å²) in [5, 5.41) is 3.62. The van der Waals surface area contributed by atoms with Crippen LogP contribution in [0.5, 0.6) is 0 Å². The molecule has 0 saturated carbocycles. The maximum Gasteiger partial charge on any atom is 0.0405 e. The summed E-state index contributed by atoms with van der Waals surface area (Å²) in [4.78, 5) is 0. The first-order valence-electron chi connectivity index (χ1n) is 8.19. The Morgan fingerprint density at radius 3 is 2.89 bits per heavy atom. The molecule has 1 atom stereocenters. The number of para-hydroxylation sites is 1. The van der Waals surface area contributed by atoms with Crippen LogP contribution in [0.25, 0.3) is 0 Å². The zero-order valence-electron chi connectivity index (χ0n) is 12.7. The van der Waals surface area contributed by atoms with E-state index < -0.39 is 0 Å². The summed E-state index contributed by atoms with van der Waals surface area (Å²) in [6.07, 6.45) is 10.6. The fraction of sp³-hybridized carbons (Fsp3) is 0.667. The number of rotatable bonds is 7. The molecule has 2 rings (SSSR count). The van der Waals surface area contributed by atoms with E-state index in [0.717, 1.165) is 12.5 Å². The van der Waals surface area contributed by atoms with E-state index in [2.05, 4.69) is 37.4 Å². The van der Waals surface area contributed by atoms with Crippen molar-refractivity contribution >= 4 is 5.69 Å². The average Bonchev–Trinajstić information content (AvgIpc) is 2.47. The number of unbranched alkanes of at least 4 members (excludes halogenated alkanes) is 1. The van der Waals surface area contributed by atoms with Crippen LogP contribution in [0.1, 0.15) is 63.5 Å². The van der Waals surface area contributed by atoms with Crippen LogP contribution in [-0.4, -0.2) is 6.54 Å². The lowest BCUT2D eigenvalue weighted by Gasteiger charge is -2.22. The van der Waals surface area contributed by atoms with Crippen molar-refractivity contribution in [1.29, 1.82) is 0 Å². The molecular weight excluding hydrogens is 230 g/mol. The zero-order chi connectivity index (χ0) is 13.5. The first-order chi connectivity index (χ1) is 9.35. The van der Waals surface area contributed by atoms with Gasteiger partial charge in [-0.3, -0.25) is 0 Å². The fourth-order valence-corrected chi connectivity index (χ4v) is 3.19. The van der Waals surface area contributed by atoms with Gasteiger partial charge < -0.3 is 5.32 Å². The molecule has 0 amide bonds. The summed E-state index contributed by atoms with van der Waals surface area (Å²) in [6, 6.07) is 6.86. The molecule has 106 valence electrons. The molecule has 1 unspecified atom stereocenters. The minimum Gasteiger partial charge on any atom is -0.385 e. The van der Waals surface area contributed by atoms with Crippen LogP contribution < -0.4 is 5.32 Å². The van der Waals surface area contributed by atoms with E-state index >= 15 is 0 Å².